The topological polar surface area (TPSA) is 36.9 Å². The van der Waals surface area contributed by atoms with Crippen LogP contribution in [0.25, 0.3) is 0 Å². The highest BCUT2D eigenvalue weighted by Gasteiger charge is 2.55. The normalized spacial score (nSPS) is 42.5. The summed E-state index contributed by atoms with van der Waals surface area (Å²) in [6.07, 6.45) is 1.67. The van der Waals surface area contributed by atoms with E-state index < -0.39 is 34.2 Å². The van der Waals surface area contributed by atoms with E-state index in [-0.39, 0.29) is 0 Å². The number of allylic oxidation sites excluding steroid dienone is 2. The summed E-state index contributed by atoms with van der Waals surface area (Å²) >= 11 is 0. The van der Waals surface area contributed by atoms with Gasteiger partial charge in [-0.3, -0.25) is 0 Å². The molecule has 1 saturated heterocycles. The van der Waals surface area contributed by atoms with Crippen molar-refractivity contribution >= 4 is 34.2 Å². The van der Waals surface area contributed by atoms with Gasteiger partial charge in [-0.05, 0) is 31.4 Å². The molecule has 1 rings (SSSR count). The smallest absolute Gasteiger partial charge is 0.351 e. The molecule has 0 amide bonds. The number of hydrogen-bond donors (Lipinski definition) is 0. The standard InChI is InChI=1S/C14H26O4Si4/c1-10-14(5)22(9)17-20(7,12-3)15-19(6,11-2)16-21(8,13-4)18-22/h10-13H,1-5H2,6-9H3. The van der Waals surface area contributed by atoms with E-state index >= 15 is 0 Å². The first-order valence-electron chi connectivity index (χ1n) is 7.02. The molecule has 0 aromatic rings. The van der Waals surface area contributed by atoms with Crippen molar-refractivity contribution in [3.63, 3.8) is 0 Å². The average molecular weight is 371 g/mol. The summed E-state index contributed by atoms with van der Waals surface area (Å²) in [5.41, 5.74) is 5.23. The van der Waals surface area contributed by atoms with Gasteiger partial charge in [-0.15, -0.1) is 19.7 Å². The molecule has 1 aliphatic heterocycles. The molecule has 0 bridgehead atoms. The first kappa shape index (κ1) is 19.5. The van der Waals surface area contributed by atoms with Crippen LogP contribution >= 0.6 is 0 Å². The SMILES string of the molecule is C=CC(=C)[Si]1(C)O[Si](C)(C=C)O[Si](C)(C=C)O[Si](C)(C=C)O1. The van der Waals surface area contributed by atoms with E-state index in [1.54, 1.807) is 23.2 Å². The Labute approximate surface area is 138 Å². The fraction of sp³-hybridized carbons (Fsp3) is 0.286. The molecule has 0 radical (unpaired) electrons. The molecule has 2 atom stereocenters. The van der Waals surface area contributed by atoms with Crippen molar-refractivity contribution in [2.75, 3.05) is 0 Å². The lowest BCUT2D eigenvalue weighted by Gasteiger charge is -2.47. The molecule has 8 heteroatoms. The highest BCUT2D eigenvalue weighted by molar-refractivity contribution is 6.99. The molecule has 0 spiro atoms. The zero-order chi connectivity index (χ0) is 17.2. The zero-order valence-electron chi connectivity index (χ0n) is 14.0. The van der Waals surface area contributed by atoms with E-state index in [1.807, 2.05) is 26.2 Å². The first-order valence-corrected chi connectivity index (χ1v) is 16.5. The average Bonchev–Trinajstić information content (AvgIpc) is 2.44. The van der Waals surface area contributed by atoms with Gasteiger partial charge in [-0.1, -0.05) is 36.3 Å². The maximum Gasteiger partial charge on any atom is 0.351 e. The van der Waals surface area contributed by atoms with Crippen molar-refractivity contribution in [3.05, 3.63) is 61.3 Å². The van der Waals surface area contributed by atoms with Crippen LogP contribution in [0.15, 0.2) is 61.3 Å². The van der Waals surface area contributed by atoms with Crippen LogP contribution in [0, 0.1) is 0 Å². The van der Waals surface area contributed by atoms with E-state index in [4.69, 9.17) is 16.5 Å². The Balaban J connectivity index is 3.42. The third-order valence-electron chi connectivity index (χ3n) is 3.55. The van der Waals surface area contributed by atoms with E-state index in [2.05, 4.69) is 32.9 Å². The highest BCUT2D eigenvalue weighted by atomic mass is 28.5. The Kier molecular flexibility index (Phi) is 5.74. The third-order valence-corrected chi connectivity index (χ3v) is 20.0. The van der Waals surface area contributed by atoms with Crippen LogP contribution in [0.5, 0.6) is 0 Å². The van der Waals surface area contributed by atoms with Crippen LogP contribution in [0.3, 0.4) is 0 Å². The van der Waals surface area contributed by atoms with Crippen molar-refractivity contribution in [1.29, 1.82) is 0 Å². The molecule has 0 aromatic heterocycles. The molecule has 0 saturated carbocycles. The summed E-state index contributed by atoms with van der Waals surface area (Å²) in [6, 6.07) is 0. The van der Waals surface area contributed by atoms with Crippen molar-refractivity contribution in [3.8, 4) is 0 Å². The van der Waals surface area contributed by atoms with Gasteiger partial charge in [0.15, 0.2) is 0 Å². The molecule has 1 aliphatic rings. The fourth-order valence-corrected chi connectivity index (χ4v) is 20.4. The highest BCUT2D eigenvalue weighted by Crippen LogP contribution is 2.34. The van der Waals surface area contributed by atoms with Gasteiger partial charge in [0.2, 0.25) is 0 Å². The minimum Gasteiger partial charge on any atom is -0.410 e. The molecule has 0 aliphatic carbocycles. The molecule has 4 nitrogen and oxygen atoms in total. The van der Waals surface area contributed by atoms with Gasteiger partial charge in [-0.25, -0.2) is 0 Å². The van der Waals surface area contributed by atoms with Crippen LogP contribution in [0.4, 0.5) is 0 Å². The summed E-state index contributed by atoms with van der Waals surface area (Å²) < 4.78 is 25.4. The second-order valence-electron chi connectivity index (χ2n) is 5.74. The Hall–Kier alpha value is -0.592. The van der Waals surface area contributed by atoms with Gasteiger partial charge in [-0.2, -0.15) is 0 Å². The summed E-state index contributed by atoms with van der Waals surface area (Å²) in [6.45, 7) is 27.2. The van der Waals surface area contributed by atoms with Crippen LogP contribution in [0.2, 0.25) is 26.2 Å². The first-order chi connectivity index (χ1) is 9.99. The fourth-order valence-electron chi connectivity index (χ4n) is 2.23. The lowest BCUT2D eigenvalue weighted by atomic mass is 10.6. The second-order valence-corrected chi connectivity index (χ2v) is 18.9. The Morgan fingerprint density at radius 2 is 1.00 bits per heavy atom. The molecular formula is C14H26O4Si4. The Morgan fingerprint density at radius 1 is 0.682 bits per heavy atom. The van der Waals surface area contributed by atoms with Gasteiger partial charge < -0.3 is 16.5 Å². The maximum atomic E-state index is 6.40. The summed E-state index contributed by atoms with van der Waals surface area (Å²) in [4.78, 5) is 0. The zero-order valence-corrected chi connectivity index (χ0v) is 18.0. The van der Waals surface area contributed by atoms with Gasteiger partial charge in [0.1, 0.15) is 0 Å². The van der Waals surface area contributed by atoms with Gasteiger partial charge in [0.05, 0.1) is 0 Å². The lowest BCUT2D eigenvalue weighted by molar-refractivity contribution is 0.249. The Morgan fingerprint density at radius 3 is 1.27 bits per heavy atom. The van der Waals surface area contributed by atoms with Crippen molar-refractivity contribution < 1.29 is 16.5 Å². The van der Waals surface area contributed by atoms with Crippen molar-refractivity contribution in [1.82, 2.24) is 0 Å². The monoisotopic (exact) mass is 370 g/mol. The maximum absolute atomic E-state index is 6.40. The number of rotatable bonds is 5. The quantitative estimate of drug-likeness (QED) is 0.545. The largest absolute Gasteiger partial charge is 0.410 e. The third kappa shape index (κ3) is 4.03. The summed E-state index contributed by atoms with van der Waals surface area (Å²) in [5, 5.41) is 0.740. The Bertz CT molecular complexity index is 495. The van der Waals surface area contributed by atoms with E-state index in [9.17, 15) is 0 Å². The van der Waals surface area contributed by atoms with Gasteiger partial charge >= 0.3 is 34.2 Å². The molecule has 2 unspecified atom stereocenters. The summed E-state index contributed by atoms with van der Waals surface area (Å²) in [7, 11) is -10.8. The van der Waals surface area contributed by atoms with Crippen LogP contribution in [-0.2, 0) is 16.5 Å². The van der Waals surface area contributed by atoms with Crippen LogP contribution in [0.1, 0.15) is 0 Å². The number of hydrogen-bond acceptors (Lipinski definition) is 4. The van der Waals surface area contributed by atoms with Crippen molar-refractivity contribution in [2.24, 2.45) is 0 Å². The van der Waals surface area contributed by atoms with E-state index in [0.29, 0.717) is 0 Å². The van der Waals surface area contributed by atoms with Crippen LogP contribution < -0.4 is 0 Å². The lowest BCUT2D eigenvalue weighted by Crippen LogP contribution is -2.66. The summed E-state index contributed by atoms with van der Waals surface area (Å²) in [5.74, 6) is 0. The molecule has 0 N–H and O–H groups in total. The molecule has 122 valence electrons. The minimum absolute atomic E-state index is 0.740. The van der Waals surface area contributed by atoms with Gasteiger partial charge in [0.25, 0.3) is 0 Å². The molecule has 1 fully saturated rings. The predicted molar refractivity (Wildman–Crippen MR) is 101 cm³/mol. The molecule has 0 aromatic carbocycles. The molecule has 1 heterocycles. The predicted octanol–water partition coefficient (Wildman–Crippen LogP) is 3.81. The van der Waals surface area contributed by atoms with E-state index in [0.717, 1.165) is 5.20 Å². The molecular weight excluding hydrogens is 344 g/mol. The van der Waals surface area contributed by atoms with Gasteiger partial charge in [0, 0.05) is 0 Å². The van der Waals surface area contributed by atoms with Crippen molar-refractivity contribution in [2.45, 2.75) is 26.2 Å². The molecule has 22 heavy (non-hydrogen) atoms. The second kappa shape index (κ2) is 6.49. The minimum atomic E-state index is -2.80. The van der Waals surface area contributed by atoms with Crippen LogP contribution in [-0.4, -0.2) is 34.2 Å². The van der Waals surface area contributed by atoms with E-state index in [1.165, 1.54) is 0 Å².